The summed E-state index contributed by atoms with van der Waals surface area (Å²) in [4.78, 5) is 13.2. The van der Waals surface area contributed by atoms with Gasteiger partial charge in [0.2, 0.25) is 5.82 Å². The summed E-state index contributed by atoms with van der Waals surface area (Å²) in [5.74, 6) is -3.66. The molecule has 2 aromatic rings. The van der Waals surface area contributed by atoms with Gasteiger partial charge >= 0.3 is 5.69 Å². The van der Waals surface area contributed by atoms with E-state index in [4.69, 9.17) is 0 Å². The fourth-order valence-corrected chi connectivity index (χ4v) is 1.74. The first kappa shape index (κ1) is 14.8. The molecule has 1 unspecified atom stereocenters. The average molecular weight is 297 g/mol. The van der Waals surface area contributed by atoms with Crippen LogP contribution in [0.5, 0.6) is 0 Å². The summed E-state index contributed by atoms with van der Waals surface area (Å²) in [6.07, 6.45) is 0. The molecule has 8 heteroatoms. The van der Waals surface area contributed by atoms with E-state index in [0.29, 0.717) is 11.6 Å². The fraction of sp³-hybridized carbons (Fsp3) is 0.154. The average Bonchev–Trinajstić information content (AvgIpc) is 2.43. The maximum atomic E-state index is 13.1. The zero-order chi connectivity index (χ0) is 15.6. The minimum absolute atomic E-state index is 0.393. The molecule has 0 amide bonds. The number of nitrogens with one attached hydrogen (secondary N) is 1. The number of benzene rings is 1. The van der Waals surface area contributed by atoms with Crippen LogP contribution in [0.2, 0.25) is 0 Å². The van der Waals surface area contributed by atoms with Crippen molar-refractivity contribution in [3.8, 4) is 0 Å². The lowest BCUT2D eigenvalue weighted by molar-refractivity contribution is -0.384. The number of halogens is 3. The fourth-order valence-electron chi connectivity index (χ4n) is 1.74. The largest absolute Gasteiger partial charge is 0.358 e. The van der Waals surface area contributed by atoms with Gasteiger partial charge in [0.25, 0.3) is 5.95 Å². The third-order valence-electron chi connectivity index (χ3n) is 2.83. The van der Waals surface area contributed by atoms with Gasteiger partial charge in [-0.25, -0.2) is 8.78 Å². The molecule has 0 bridgehead atoms. The number of aromatic nitrogens is 1. The standard InChI is InChI=1S/C13H10F3N3O2/c1-7(8-2-4-9(14)5-3-8)17-13-11(19(20)21)6-10(15)12(16)18-13/h2-7H,1H3,(H,17,18). The molecule has 0 aliphatic rings. The second-order valence-electron chi connectivity index (χ2n) is 4.30. The predicted octanol–water partition coefficient (Wildman–Crippen LogP) is 3.58. The molecule has 0 saturated heterocycles. The third-order valence-corrected chi connectivity index (χ3v) is 2.83. The van der Waals surface area contributed by atoms with E-state index in [0.717, 1.165) is 0 Å². The summed E-state index contributed by atoms with van der Waals surface area (Å²) in [5.41, 5.74) is -0.0694. The van der Waals surface area contributed by atoms with Crippen LogP contribution in [0.25, 0.3) is 0 Å². The van der Waals surface area contributed by atoms with Gasteiger partial charge < -0.3 is 5.32 Å². The van der Waals surface area contributed by atoms with Gasteiger partial charge in [0.15, 0.2) is 5.82 Å². The van der Waals surface area contributed by atoms with Crippen molar-refractivity contribution in [1.82, 2.24) is 4.98 Å². The number of hydrogen-bond acceptors (Lipinski definition) is 4. The van der Waals surface area contributed by atoms with Crippen LogP contribution in [0.4, 0.5) is 24.7 Å². The second-order valence-corrected chi connectivity index (χ2v) is 4.30. The molecular formula is C13H10F3N3O2. The molecule has 0 aliphatic carbocycles. The van der Waals surface area contributed by atoms with Crippen molar-refractivity contribution in [3.63, 3.8) is 0 Å². The van der Waals surface area contributed by atoms with E-state index in [1.54, 1.807) is 6.92 Å². The number of anilines is 1. The van der Waals surface area contributed by atoms with Crippen LogP contribution in [-0.2, 0) is 0 Å². The van der Waals surface area contributed by atoms with E-state index >= 15 is 0 Å². The molecule has 1 aromatic carbocycles. The van der Waals surface area contributed by atoms with Crippen LogP contribution >= 0.6 is 0 Å². The topological polar surface area (TPSA) is 68.1 Å². The van der Waals surface area contributed by atoms with E-state index in [1.807, 2.05) is 0 Å². The SMILES string of the molecule is CC(Nc1nc(F)c(F)cc1[N+](=O)[O-])c1ccc(F)cc1. The summed E-state index contributed by atoms with van der Waals surface area (Å²) >= 11 is 0. The Hall–Kier alpha value is -2.64. The maximum Gasteiger partial charge on any atom is 0.314 e. The van der Waals surface area contributed by atoms with Crippen molar-refractivity contribution in [2.45, 2.75) is 13.0 Å². The van der Waals surface area contributed by atoms with Gasteiger partial charge in [0, 0.05) is 0 Å². The first-order chi connectivity index (χ1) is 9.88. The summed E-state index contributed by atoms with van der Waals surface area (Å²) in [6, 6.07) is 5.34. The van der Waals surface area contributed by atoms with Gasteiger partial charge in [0.05, 0.1) is 17.0 Å². The molecule has 1 heterocycles. The van der Waals surface area contributed by atoms with Gasteiger partial charge in [-0.1, -0.05) is 12.1 Å². The van der Waals surface area contributed by atoms with E-state index in [9.17, 15) is 23.3 Å². The highest BCUT2D eigenvalue weighted by Crippen LogP contribution is 2.27. The summed E-state index contributed by atoms with van der Waals surface area (Å²) < 4.78 is 39.0. The molecule has 1 aromatic heterocycles. The Bertz CT molecular complexity index is 677. The van der Waals surface area contributed by atoms with Crippen molar-refractivity contribution >= 4 is 11.5 Å². The van der Waals surface area contributed by atoms with Crippen molar-refractivity contribution < 1.29 is 18.1 Å². The number of hydrogen-bond donors (Lipinski definition) is 1. The lowest BCUT2D eigenvalue weighted by atomic mass is 10.1. The van der Waals surface area contributed by atoms with Crippen molar-refractivity contribution in [2.75, 3.05) is 5.32 Å². The summed E-state index contributed by atoms with van der Waals surface area (Å²) in [6.45, 7) is 1.62. The molecule has 5 nitrogen and oxygen atoms in total. The minimum Gasteiger partial charge on any atom is -0.358 e. The zero-order valence-electron chi connectivity index (χ0n) is 10.8. The van der Waals surface area contributed by atoms with Gasteiger partial charge in [0.1, 0.15) is 5.82 Å². The van der Waals surface area contributed by atoms with Crippen molar-refractivity contribution in [1.29, 1.82) is 0 Å². The molecule has 0 saturated carbocycles. The van der Waals surface area contributed by atoms with Crippen LogP contribution < -0.4 is 5.32 Å². The highest BCUT2D eigenvalue weighted by Gasteiger charge is 2.22. The van der Waals surface area contributed by atoms with Gasteiger partial charge in [-0.15, -0.1) is 0 Å². The second kappa shape index (κ2) is 5.78. The lowest BCUT2D eigenvalue weighted by Gasteiger charge is -2.15. The van der Waals surface area contributed by atoms with Crippen LogP contribution in [0.1, 0.15) is 18.5 Å². The smallest absolute Gasteiger partial charge is 0.314 e. The van der Waals surface area contributed by atoms with Gasteiger partial charge in [-0.05, 0) is 24.6 Å². The third kappa shape index (κ3) is 3.28. The first-order valence-corrected chi connectivity index (χ1v) is 5.91. The summed E-state index contributed by atoms with van der Waals surface area (Å²) in [5, 5.41) is 13.4. The first-order valence-electron chi connectivity index (χ1n) is 5.91. The van der Waals surface area contributed by atoms with E-state index < -0.39 is 40.1 Å². The molecule has 0 radical (unpaired) electrons. The predicted molar refractivity (Wildman–Crippen MR) is 69.2 cm³/mol. The number of nitrogens with zero attached hydrogens (tertiary/aromatic N) is 2. The maximum absolute atomic E-state index is 13.1. The molecule has 1 N–H and O–H groups in total. The highest BCUT2D eigenvalue weighted by molar-refractivity contribution is 5.56. The quantitative estimate of drug-likeness (QED) is 0.532. The lowest BCUT2D eigenvalue weighted by Crippen LogP contribution is -2.11. The normalized spacial score (nSPS) is 12.0. The molecule has 0 fully saturated rings. The molecule has 21 heavy (non-hydrogen) atoms. The van der Waals surface area contributed by atoms with E-state index in [-0.39, 0.29) is 0 Å². The highest BCUT2D eigenvalue weighted by atomic mass is 19.2. The molecular weight excluding hydrogens is 287 g/mol. The van der Waals surface area contributed by atoms with Crippen LogP contribution in [0.3, 0.4) is 0 Å². The zero-order valence-corrected chi connectivity index (χ0v) is 10.8. The minimum atomic E-state index is -1.44. The molecule has 2 rings (SSSR count). The number of nitro groups is 1. The Morgan fingerprint density at radius 3 is 2.43 bits per heavy atom. The van der Waals surface area contributed by atoms with Crippen LogP contribution in [0.15, 0.2) is 30.3 Å². The Labute approximate surface area is 117 Å². The molecule has 110 valence electrons. The monoisotopic (exact) mass is 297 g/mol. The Balaban J connectivity index is 2.32. The van der Waals surface area contributed by atoms with Crippen LogP contribution in [0, 0.1) is 27.7 Å². The van der Waals surface area contributed by atoms with Crippen molar-refractivity contribution in [2.24, 2.45) is 0 Å². The van der Waals surface area contributed by atoms with E-state index in [2.05, 4.69) is 10.3 Å². The van der Waals surface area contributed by atoms with E-state index in [1.165, 1.54) is 24.3 Å². The van der Waals surface area contributed by atoms with Crippen molar-refractivity contribution in [3.05, 3.63) is 63.6 Å². The molecule has 1 atom stereocenters. The Morgan fingerprint density at radius 1 is 1.24 bits per heavy atom. The summed E-state index contributed by atoms with van der Waals surface area (Å²) in [7, 11) is 0. The number of rotatable bonds is 4. The Kier molecular flexibility index (Phi) is 4.06. The Morgan fingerprint density at radius 2 is 1.86 bits per heavy atom. The van der Waals surface area contributed by atoms with Crippen LogP contribution in [-0.4, -0.2) is 9.91 Å². The molecule has 0 aliphatic heterocycles. The van der Waals surface area contributed by atoms with Gasteiger partial charge in [-0.3, -0.25) is 10.1 Å². The van der Waals surface area contributed by atoms with Gasteiger partial charge in [-0.2, -0.15) is 9.37 Å². The molecule has 0 spiro atoms. The number of pyridine rings is 1.